The average Bonchev–Trinajstić information content (AvgIpc) is 3.12. The van der Waals surface area contributed by atoms with Crippen molar-refractivity contribution in [2.45, 2.75) is 11.4 Å². The zero-order valence-electron chi connectivity index (χ0n) is 15.4. The van der Waals surface area contributed by atoms with E-state index in [1.807, 2.05) is 0 Å². The Morgan fingerprint density at radius 2 is 1.96 bits per heavy atom. The fraction of sp³-hybridized carbons (Fsp3) is 0.143. The molecule has 0 saturated carbocycles. The molecule has 2 aromatic carbocycles. The molecule has 146 valence electrons. The summed E-state index contributed by atoms with van der Waals surface area (Å²) in [5.41, 5.74) is 1.21. The summed E-state index contributed by atoms with van der Waals surface area (Å²) in [6, 6.07) is 14.0. The molecule has 0 amide bonds. The van der Waals surface area contributed by atoms with Crippen LogP contribution in [0.25, 0.3) is 11.3 Å². The molecule has 1 N–H and O–H groups in total. The lowest BCUT2D eigenvalue weighted by Gasteiger charge is -2.12. The molecule has 0 radical (unpaired) electrons. The summed E-state index contributed by atoms with van der Waals surface area (Å²) in [7, 11) is -2.20. The van der Waals surface area contributed by atoms with Crippen molar-refractivity contribution >= 4 is 10.0 Å². The third-order valence-corrected chi connectivity index (χ3v) is 5.77. The highest BCUT2D eigenvalue weighted by Gasteiger charge is 2.23. The second-order valence-corrected chi connectivity index (χ2v) is 7.93. The van der Waals surface area contributed by atoms with E-state index in [4.69, 9.17) is 4.74 Å². The van der Waals surface area contributed by atoms with Crippen molar-refractivity contribution in [1.29, 1.82) is 0 Å². The first-order valence-corrected chi connectivity index (χ1v) is 10.1. The Bertz CT molecular complexity index is 1090. The van der Waals surface area contributed by atoms with E-state index in [1.54, 1.807) is 49.5 Å². The Balaban J connectivity index is 2.14. The van der Waals surface area contributed by atoms with Gasteiger partial charge in [-0.05, 0) is 42.9 Å². The molecule has 0 aliphatic rings. The van der Waals surface area contributed by atoms with Crippen LogP contribution in [0, 0.1) is 5.82 Å². The number of rotatable bonds is 8. The first-order chi connectivity index (χ1) is 13.5. The molecule has 0 atom stereocenters. The van der Waals surface area contributed by atoms with Gasteiger partial charge in [0.05, 0.1) is 10.6 Å². The normalized spacial score (nSPS) is 11.4. The van der Waals surface area contributed by atoms with Crippen molar-refractivity contribution in [1.82, 2.24) is 9.29 Å². The molecule has 0 saturated heterocycles. The number of nitrogens with one attached hydrogen (secondary N) is 1. The maximum absolute atomic E-state index is 14.4. The maximum Gasteiger partial charge on any atom is 0.268 e. The largest absolute Gasteiger partial charge is 0.490 e. The van der Waals surface area contributed by atoms with Gasteiger partial charge >= 0.3 is 0 Å². The Morgan fingerprint density at radius 3 is 2.68 bits per heavy atom. The molecular weight excluding hydrogens is 379 g/mol. The van der Waals surface area contributed by atoms with E-state index in [0.717, 1.165) is 9.54 Å². The lowest BCUT2D eigenvalue weighted by molar-refractivity contribution is 0.362. The molecular formula is C21H21FN2O3S. The first-order valence-electron chi connectivity index (χ1n) is 8.67. The van der Waals surface area contributed by atoms with Gasteiger partial charge in [0, 0.05) is 24.4 Å². The molecule has 1 heterocycles. The molecule has 1 aromatic heterocycles. The van der Waals surface area contributed by atoms with Gasteiger partial charge in [-0.2, -0.15) is 0 Å². The van der Waals surface area contributed by atoms with Gasteiger partial charge in [-0.15, -0.1) is 0 Å². The summed E-state index contributed by atoms with van der Waals surface area (Å²) in [6.07, 6.45) is 3.08. The van der Waals surface area contributed by atoms with Gasteiger partial charge in [-0.1, -0.05) is 30.9 Å². The lowest BCUT2D eigenvalue weighted by Crippen LogP contribution is -2.14. The van der Waals surface area contributed by atoms with E-state index >= 15 is 0 Å². The van der Waals surface area contributed by atoms with E-state index in [2.05, 4.69) is 11.9 Å². The van der Waals surface area contributed by atoms with Crippen LogP contribution >= 0.6 is 0 Å². The van der Waals surface area contributed by atoms with Crippen LogP contribution in [-0.2, 0) is 16.6 Å². The van der Waals surface area contributed by atoms with Crippen molar-refractivity contribution in [2.75, 3.05) is 13.7 Å². The molecule has 0 unspecified atom stereocenters. The Labute approximate surface area is 164 Å². The van der Waals surface area contributed by atoms with E-state index in [0.29, 0.717) is 12.3 Å². The van der Waals surface area contributed by atoms with Crippen molar-refractivity contribution in [3.05, 3.63) is 84.8 Å². The predicted octanol–water partition coefficient (Wildman–Crippen LogP) is 3.82. The summed E-state index contributed by atoms with van der Waals surface area (Å²) in [5, 5.41) is 2.98. The van der Waals surface area contributed by atoms with Crippen LogP contribution in [-0.4, -0.2) is 26.0 Å². The van der Waals surface area contributed by atoms with Crippen molar-refractivity contribution < 1.29 is 17.5 Å². The fourth-order valence-corrected chi connectivity index (χ4v) is 4.28. The second kappa shape index (κ2) is 8.41. The van der Waals surface area contributed by atoms with E-state index < -0.39 is 15.8 Å². The van der Waals surface area contributed by atoms with Gasteiger partial charge < -0.3 is 10.1 Å². The van der Waals surface area contributed by atoms with Gasteiger partial charge in [0.2, 0.25) is 0 Å². The van der Waals surface area contributed by atoms with Gasteiger partial charge in [0.1, 0.15) is 18.2 Å². The van der Waals surface area contributed by atoms with Crippen LogP contribution in [0.2, 0.25) is 0 Å². The van der Waals surface area contributed by atoms with Crippen LogP contribution in [0.15, 0.2) is 78.3 Å². The summed E-state index contributed by atoms with van der Waals surface area (Å²) >= 11 is 0. The van der Waals surface area contributed by atoms with Crippen LogP contribution in [0.4, 0.5) is 4.39 Å². The number of benzene rings is 2. The molecule has 0 fully saturated rings. The minimum absolute atomic E-state index is 0.0539. The Kier molecular flexibility index (Phi) is 5.96. The molecule has 5 nitrogen and oxygen atoms in total. The van der Waals surface area contributed by atoms with E-state index in [-0.39, 0.29) is 22.8 Å². The molecule has 0 aliphatic heterocycles. The van der Waals surface area contributed by atoms with Crippen LogP contribution in [0.1, 0.15) is 5.56 Å². The van der Waals surface area contributed by atoms with Gasteiger partial charge in [-0.25, -0.2) is 16.8 Å². The zero-order valence-corrected chi connectivity index (χ0v) is 16.2. The number of hydrogen-bond acceptors (Lipinski definition) is 4. The van der Waals surface area contributed by atoms with Crippen LogP contribution in [0.5, 0.6) is 5.75 Å². The highest BCUT2D eigenvalue weighted by molar-refractivity contribution is 7.90. The summed E-state index contributed by atoms with van der Waals surface area (Å²) in [6.45, 7) is 4.29. The zero-order chi connectivity index (χ0) is 20.1. The van der Waals surface area contributed by atoms with E-state index in [1.165, 1.54) is 24.4 Å². The number of aromatic nitrogens is 1. The lowest BCUT2D eigenvalue weighted by atomic mass is 10.1. The van der Waals surface area contributed by atoms with E-state index in [9.17, 15) is 12.8 Å². The monoisotopic (exact) mass is 400 g/mol. The topological polar surface area (TPSA) is 60.3 Å². The van der Waals surface area contributed by atoms with Crippen molar-refractivity contribution in [3.63, 3.8) is 0 Å². The van der Waals surface area contributed by atoms with Gasteiger partial charge in [0.15, 0.2) is 0 Å². The summed E-state index contributed by atoms with van der Waals surface area (Å²) < 4.78 is 47.6. The highest BCUT2D eigenvalue weighted by Crippen LogP contribution is 2.30. The third-order valence-electron chi connectivity index (χ3n) is 4.10. The molecule has 3 aromatic rings. The molecule has 28 heavy (non-hydrogen) atoms. The Hall–Kier alpha value is -2.90. The molecule has 7 heteroatoms. The molecule has 3 rings (SSSR count). The Morgan fingerprint density at radius 1 is 1.18 bits per heavy atom. The van der Waals surface area contributed by atoms with Crippen molar-refractivity contribution in [2.24, 2.45) is 0 Å². The second-order valence-electron chi connectivity index (χ2n) is 6.12. The summed E-state index contributed by atoms with van der Waals surface area (Å²) in [4.78, 5) is 0.0539. The van der Waals surface area contributed by atoms with Crippen LogP contribution in [0.3, 0.4) is 0 Å². The fourth-order valence-electron chi connectivity index (χ4n) is 2.85. The molecule has 0 spiro atoms. The number of nitrogens with zero attached hydrogens (tertiary/aromatic N) is 1. The smallest absolute Gasteiger partial charge is 0.268 e. The highest BCUT2D eigenvalue weighted by atomic mass is 32.2. The number of ether oxygens (including phenoxy) is 1. The minimum atomic E-state index is -3.96. The quantitative estimate of drug-likeness (QED) is 0.584. The third kappa shape index (κ3) is 4.00. The van der Waals surface area contributed by atoms with Crippen LogP contribution < -0.4 is 10.1 Å². The van der Waals surface area contributed by atoms with Gasteiger partial charge in [0.25, 0.3) is 10.0 Å². The molecule has 0 bridgehead atoms. The standard InChI is InChI=1S/C21H21FN2O3S/c1-3-11-27-17-7-6-8-18(13-17)28(25,26)24-15-16(14-23-2)12-21(24)19-9-4-5-10-20(19)22/h3-10,12-13,15,23H,1,11,14H2,2H3. The predicted molar refractivity (Wildman–Crippen MR) is 107 cm³/mol. The SMILES string of the molecule is C=CCOc1cccc(S(=O)(=O)n2cc(CNC)cc2-c2ccccc2F)c1. The van der Waals surface area contributed by atoms with Gasteiger partial charge in [-0.3, -0.25) is 0 Å². The van der Waals surface area contributed by atoms with Crippen molar-refractivity contribution in [3.8, 4) is 17.0 Å². The number of halogens is 1. The maximum atomic E-state index is 14.4. The number of hydrogen-bond donors (Lipinski definition) is 1. The first kappa shape index (κ1) is 19.9. The minimum Gasteiger partial charge on any atom is -0.490 e. The summed E-state index contributed by atoms with van der Waals surface area (Å²) in [5.74, 6) is -0.0767. The molecule has 0 aliphatic carbocycles. The average molecular weight is 400 g/mol.